The molecule has 1 aromatic heterocycles. The lowest BCUT2D eigenvalue weighted by atomic mass is 10.1. The third-order valence-corrected chi connectivity index (χ3v) is 3.66. The lowest BCUT2D eigenvalue weighted by Gasteiger charge is -2.25. The Hall–Kier alpha value is -2.93. The van der Waals surface area contributed by atoms with Crippen molar-refractivity contribution in [1.29, 1.82) is 5.26 Å². The van der Waals surface area contributed by atoms with E-state index in [2.05, 4.69) is 40.2 Å². The highest BCUT2D eigenvalue weighted by Crippen LogP contribution is 2.28. The van der Waals surface area contributed by atoms with Gasteiger partial charge in [0.2, 0.25) is 0 Å². The molecule has 3 rings (SSSR count). The molecule has 0 aliphatic carbocycles. The zero-order chi connectivity index (χ0) is 15.4. The highest BCUT2D eigenvalue weighted by Gasteiger charge is 2.16. The second kappa shape index (κ2) is 6.23. The Morgan fingerprint density at radius 2 is 1.73 bits per heavy atom. The van der Waals surface area contributed by atoms with Crippen LogP contribution in [0.1, 0.15) is 18.2 Å². The summed E-state index contributed by atoms with van der Waals surface area (Å²) in [5.74, 6) is 0. The van der Waals surface area contributed by atoms with E-state index in [-0.39, 0.29) is 0 Å². The topological polar surface area (TPSA) is 52.8 Å². The van der Waals surface area contributed by atoms with E-state index < -0.39 is 0 Å². The van der Waals surface area contributed by atoms with Crippen LogP contribution in [0.25, 0.3) is 10.9 Å². The number of nitriles is 1. The largest absolute Gasteiger partial charge is 0.365 e. The summed E-state index contributed by atoms with van der Waals surface area (Å²) in [6.45, 7) is 3.61. The average molecular weight is 288 g/mol. The fourth-order valence-electron chi connectivity index (χ4n) is 2.59. The lowest BCUT2D eigenvalue weighted by Crippen LogP contribution is -2.24. The molecular formula is C18H16N4. The van der Waals surface area contributed by atoms with Gasteiger partial charge in [0.1, 0.15) is 6.07 Å². The third-order valence-electron chi connectivity index (χ3n) is 3.66. The van der Waals surface area contributed by atoms with Crippen LogP contribution in [0.3, 0.4) is 0 Å². The maximum absolute atomic E-state index is 9.41. The summed E-state index contributed by atoms with van der Waals surface area (Å²) in [7, 11) is 0. The van der Waals surface area contributed by atoms with E-state index in [9.17, 15) is 5.26 Å². The first kappa shape index (κ1) is 14.0. The lowest BCUT2D eigenvalue weighted by molar-refractivity contribution is 0.826. The van der Waals surface area contributed by atoms with Crippen LogP contribution >= 0.6 is 0 Å². The summed E-state index contributed by atoms with van der Waals surface area (Å²) in [4.78, 5) is 2.17. The van der Waals surface area contributed by atoms with Gasteiger partial charge in [0, 0.05) is 18.5 Å². The van der Waals surface area contributed by atoms with E-state index in [1.165, 1.54) is 5.56 Å². The number of nitrogens with zero attached hydrogens (tertiary/aromatic N) is 4. The molecule has 0 amide bonds. The summed E-state index contributed by atoms with van der Waals surface area (Å²) in [6.07, 6.45) is 0. The minimum absolute atomic E-state index is 0.372. The number of benzene rings is 2. The zero-order valence-corrected chi connectivity index (χ0v) is 12.4. The van der Waals surface area contributed by atoms with Crippen molar-refractivity contribution in [3.05, 3.63) is 65.9 Å². The van der Waals surface area contributed by atoms with Crippen molar-refractivity contribution in [3.8, 4) is 6.07 Å². The Balaban J connectivity index is 2.12. The number of anilines is 1. The highest BCUT2D eigenvalue weighted by molar-refractivity contribution is 5.93. The van der Waals surface area contributed by atoms with Gasteiger partial charge in [0.05, 0.1) is 11.2 Å². The number of fused-ring (bicyclic) bond motifs is 1. The standard InChI is InChI=1S/C18H16N4/c1-2-22(13-14-8-4-3-5-9-14)18-15-10-6-7-11-16(15)20-21-17(18)12-19/h3-11H,2,13H2,1H3. The molecule has 0 unspecified atom stereocenters. The Morgan fingerprint density at radius 3 is 2.45 bits per heavy atom. The van der Waals surface area contributed by atoms with Crippen LogP contribution in [0, 0.1) is 11.3 Å². The molecule has 0 fully saturated rings. The van der Waals surface area contributed by atoms with Crippen LogP contribution in [0.4, 0.5) is 5.69 Å². The van der Waals surface area contributed by atoms with E-state index in [1.807, 2.05) is 42.5 Å². The average Bonchev–Trinajstić information content (AvgIpc) is 2.59. The number of rotatable bonds is 4. The monoisotopic (exact) mass is 288 g/mol. The van der Waals surface area contributed by atoms with Crippen molar-refractivity contribution in [2.24, 2.45) is 0 Å². The van der Waals surface area contributed by atoms with Gasteiger partial charge in [-0.3, -0.25) is 0 Å². The molecule has 0 atom stereocenters. The van der Waals surface area contributed by atoms with Crippen LogP contribution in [0.5, 0.6) is 0 Å². The molecule has 0 saturated carbocycles. The number of hydrogen-bond donors (Lipinski definition) is 0. The van der Waals surface area contributed by atoms with Gasteiger partial charge in [0.25, 0.3) is 0 Å². The first-order valence-electron chi connectivity index (χ1n) is 7.28. The first-order valence-corrected chi connectivity index (χ1v) is 7.28. The molecule has 0 spiro atoms. The number of aromatic nitrogens is 2. The normalized spacial score (nSPS) is 10.4. The molecule has 0 aliphatic heterocycles. The maximum atomic E-state index is 9.41. The molecule has 1 heterocycles. The van der Waals surface area contributed by atoms with Crippen molar-refractivity contribution in [3.63, 3.8) is 0 Å². The predicted molar refractivity (Wildman–Crippen MR) is 87.4 cm³/mol. The van der Waals surface area contributed by atoms with Gasteiger partial charge in [-0.15, -0.1) is 10.2 Å². The van der Waals surface area contributed by atoms with Gasteiger partial charge < -0.3 is 4.90 Å². The summed E-state index contributed by atoms with van der Waals surface area (Å²) in [5, 5.41) is 18.6. The van der Waals surface area contributed by atoms with Crippen molar-refractivity contribution in [2.45, 2.75) is 13.5 Å². The Labute approximate surface area is 129 Å². The maximum Gasteiger partial charge on any atom is 0.187 e. The molecule has 0 N–H and O–H groups in total. The van der Waals surface area contributed by atoms with Gasteiger partial charge in [-0.25, -0.2) is 0 Å². The van der Waals surface area contributed by atoms with Crippen LogP contribution in [-0.2, 0) is 6.54 Å². The predicted octanol–water partition coefficient (Wildman–Crippen LogP) is 3.53. The Bertz CT molecular complexity index is 821. The van der Waals surface area contributed by atoms with Gasteiger partial charge in [-0.1, -0.05) is 48.5 Å². The second-order valence-corrected chi connectivity index (χ2v) is 5.03. The van der Waals surface area contributed by atoms with Crippen molar-refractivity contribution in [2.75, 3.05) is 11.4 Å². The van der Waals surface area contributed by atoms with E-state index >= 15 is 0 Å². The summed E-state index contributed by atoms with van der Waals surface area (Å²) in [6, 6.07) is 20.2. The van der Waals surface area contributed by atoms with E-state index in [0.717, 1.165) is 29.7 Å². The van der Waals surface area contributed by atoms with E-state index in [4.69, 9.17) is 0 Å². The minimum Gasteiger partial charge on any atom is -0.365 e. The van der Waals surface area contributed by atoms with Crippen molar-refractivity contribution in [1.82, 2.24) is 10.2 Å². The van der Waals surface area contributed by atoms with E-state index in [0.29, 0.717) is 5.69 Å². The molecule has 0 aliphatic rings. The second-order valence-electron chi connectivity index (χ2n) is 5.03. The van der Waals surface area contributed by atoms with Crippen molar-refractivity contribution >= 4 is 16.6 Å². The summed E-state index contributed by atoms with van der Waals surface area (Å²) >= 11 is 0. The molecule has 2 aromatic carbocycles. The van der Waals surface area contributed by atoms with Gasteiger partial charge in [-0.2, -0.15) is 5.26 Å². The molecule has 4 heteroatoms. The molecule has 22 heavy (non-hydrogen) atoms. The fourth-order valence-corrected chi connectivity index (χ4v) is 2.59. The molecule has 4 nitrogen and oxygen atoms in total. The van der Waals surface area contributed by atoms with Gasteiger partial charge in [0.15, 0.2) is 5.69 Å². The highest BCUT2D eigenvalue weighted by atomic mass is 15.2. The molecule has 3 aromatic rings. The Kier molecular flexibility index (Phi) is 3.97. The summed E-state index contributed by atoms with van der Waals surface area (Å²) < 4.78 is 0. The fraction of sp³-hybridized carbons (Fsp3) is 0.167. The zero-order valence-electron chi connectivity index (χ0n) is 12.4. The van der Waals surface area contributed by atoms with Crippen LogP contribution in [0.2, 0.25) is 0 Å². The quantitative estimate of drug-likeness (QED) is 0.737. The SMILES string of the molecule is CCN(Cc1ccccc1)c1c(C#N)nnc2ccccc12. The van der Waals surface area contributed by atoms with Gasteiger partial charge in [-0.05, 0) is 18.6 Å². The Morgan fingerprint density at radius 1 is 1.00 bits per heavy atom. The van der Waals surface area contributed by atoms with E-state index in [1.54, 1.807) is 0 Å². The molecule has 0 bridgehead atoms. The first-order chi connectivity index (χ1) is 10.8. The van der Waals surface area contributed by atoms with Crippen LogP contribution in [-0.4, -0.2) is 16.7 Å². The minimum atomic E-state index is 0.372. The van der Waals surface area contributed by atoms with Crippen LogP contribution in [0.15, 0.2) is 54.6 Å². The summed E-state index contributed by atoms with van der Waals surface area (Å²) in [5.41, 5.74) is 3.24. The molecule has 0 radical (unpaired) electrons. The smallest absolute Gasteiger partial charge is 0.187 e. The molecule has 0 saturated heterocycles. The third kappa shape index (κ3) is 2.61. The van der Waals surface area contributed by atoms with Crippen molar-refractivity contribution < 1.29 is 0 Å². The molecular weight excluding hydrogens is 272 g/mol. The van der Waals surface area contributed by atoms with Gasteiger partial charge >= 0.3 is 0 Å². The molecule has 108 valence electrons. The van der Waals surface area contributed by atoms with Crippen LogP contribution < -0.4 is 4.90 Å². The number of hydrogen-bond acceptors (Lipinski definition) is 4.